The van der Waals surface area contributed by atoms with Crippen molar-refractivity contribution in [2.75, 3.05) is 30.4 Å². The minimum atomic E-state index is -0.00301. The number of aromatic nitrogens is 1. The Balaban J connectivity index is 0.00000363. The normalized spacial score (nSPS) is 16.8. The molecule has 0 saturated carbocycles. The molecule has 1 aromatic heterocycles. The number of aliphatic imine (C=N–C) groups is 1. The Morgan fingerprint density at radius 3 is 2.88 bits per heavy atom. The number of pyridine rings is 1. The first-order chi connectivity index (χ1) is 15.0. The van der Waals surface area contributed by atoms with Crippen molar-refractivity contribution in [1.82, 2.24) is 15.6 Å². The highest BCUT2D eigenvalue weighted by Gasteiger charge is 2.25. The fourth-order valence-corrected chi connectivity index (χ4v) is 3.71. The second kappa shape index (κ2) is 12.8. The molecule has 7 nitrogen and oxygen atoms in total. The number of rotatable bonds is 7. The Hall–Kier alpha value is -2.07. The van der Waals surface area contributed by atoms with Crippen LogP contribution in [0.15, 0.2) is 47.6 Å². The Morgan fingerprint density at radius 2 is 2.16 bits per heavy atom. The highest BCUT2D eigenvalue weighted by atomic mass is 127. The molecule has 2 aromatic rings. The number of benzene rings is 1. The lowest BCUT2D eigenvalue weighted by atomic mass is 10.1. The van der Waals surface area contributed by atoms with Crippen LogP contribution in [0.1, 0.15) is 32.3 Å². The summed E-state index contributed by atoms with van der Waals surface area (Å²) in [4.78, 5) is 23.1. The van der Waals surface area contributed by atoms with Gasteiger partial charge in [-0.3, -0.25) is 9.79 Å². The number of anilines is 2. The summed E-state index contributed by atoms with van der Waals surface area (Å²) in [5.74, 6) is 1.61. The van der Waals surface area contributed by atoms with E-state index in [0.29, 0.717) is 11.6 Å². The lowest BCUT2D eigenvalue weighted by Gasteiger charge is -2.20. The summed E-state index contributed by atoms with van der Waals surface area (Å²) >= 11 is 6.29. The maximum Gasteiger partial charge on any atom is 0.227 e. The van der Waals surface area contributed by atoms with Gasteiger partial charge in [-0.05, 0) is 42.7 Å². The minimum absolute atomic E-state index is 0. The van der Waals surface area contributed by atoms with Crippen LogP contribution >= 0.6 is 35.6 Å². The monoisotopic (exact) mass is 570 g/mol. The third-order valence-electron chi connectivity index (χ3n) is 5.51. The molecule has 32 heavy (non-hydrogen) atoms. The maximum atomic E-state index is 12.1. The number of nitrogens with zero attached hydrogens (tertiary/aromatic N) is 3. The quantitative estimate of drug-likeness (QED) is 0.263. The summed E-state index contributed by atoms with van der Waals surface area (Å²) in [5, 5.41) is 10.5. The highest BCUT2D eigenvalue weighted by Crippen LogP contribution is 2.25. The van der Waals surface area contributed by atoms with Crippen LogP contribution in [0.2, 0.25) is 5.02 Å². The van der Waals surface area contributed by atoms with Gasteiger partial charge in [0, 0.05) is 50.5 Å². The van der Waals surface area contributed by atoms with E-state index in [1.807, 2.05) is 50.2 Å². The van der Waals surface area contributed by atoms with Gasteiger partial charge < -0.3 is 20.9 Å². The first kappa shape index (κ1) is 26.2. The van der Waals surface area contributed by atoms with Gasteiger partial charge in [0.2, 0.25) is 5.91 Å². The number of carbonyl (C=O) groups excluding carboxylic acids is 1. The molecule has 3 rings (SSSR count). The number of hydrogen-bond acceptors (Lipinski definition) is 4. The van der Waals surface area contributed by atoms with Crippen LogP contribution in [-0.2, 0) is 11.3 Å². The van der Waals surface area contributed by atoms with Gasteiger partial charge in [0.25, 0.3) is 0 Å². The first-order valence-corrected chi connectivity index (χ1v) is 11.1. The van der Waals surface area contributed by atoms with E-state index < -0.39 is 0 Å². The molecular formula is C23H32ClIN6O. The van der Waals surface area contributed by atoms with E-state index in [9.17, 15) is 4.79 Å². The van der Waals surface area contributed by atoms with Crippen molar-refractivity contribution < 1.29 is 4.79 Å². The van der Waals surface area contributed by atoms with Crippen LogP contribution in [0.3, 0.4) is 0 Å². The summed E-state index contributed by atoms with van der Waals surface area (Å²) in [6.45, 7) is 6.26. The van der Waals surface area contributed by atoms with Crippen molar-refractivity contribution in [2.45, 2.75) is 39.3 Å². The first-order valence-electron chi connectivity index (χ1n) is 10.7. The zero-order valence-electron chi connectivity index (χ0n) is 18.8. The zero-order valence-corrected chi connectivity index (χ0v) is 21.9. The van der Waals surface area contributed by atoms with E-state index in [-0.39, 0.29) is 41.8 Å². The zero-order chi connectivity index (χ0) is 22.2. The minimum Gasteiger partial charge on any atom is -0.353 e. The SMILES string of the molecule is CCC(C)C(=O)Nc1cccc(CNC(=NC)NC2CCN(c3ncccc3Cl)C2)c1.I. The Bertz CT molecular complexity index is 925. The standard InChI is InChI=1S/C23H31ClN6O.HI/c1-4-16(2)22(31)28-18-8-5-7-17(13-18)14-27-23(25-3)29-19-10-12-30(15-19)21-20(24)9-6-11-26-21;/h5-9,11,13,16,19H,4,10,12,14-15H2,1-3H3,(H,28,31)(H2,25,27,29);1H. The number of hydrogen-bond donors (Lipinski definition) is 3. The molecule has 1 aliphatic rings. The average Bonchev–Trinajstić information content (AvgIpc) is 3.24. The maximum absolute atomic E-state index is 12.1. The van der Waals surface area contributed by atoms with Crippen LogP contribution in [0.25, 0.3) is 0 Å². The molecule has 0 bridgehead atoms. The summed E-state index contributed by atoms with van der Waals surface area (Å²) in [6.07, 6.45) is 3.56. The lowest BCUT2D eigenvalue weighted by molar-refractivity contribution is -0.119. The number of carbonyl (C=O) groups is 1. The van der Waals surface area contributed by atoms with E-state index >= 15 is 0 Å². The molecular weight excluding hydrogens is 539 g/mol. The molecule has 1 fully saturated rings. The van der Waals surface area contributed by atoms with Crippen molar-refractivity contribution in [1.29, 1.82) is 0 Å². The smallest absolute Gasteiger partial charge is 0.227 e. The van der Waals surface area contributed by atoms with Crippen LogP contribution in [0, 0.1) is 5.92 Å². The van der Waals surface area contributed by atoms with Gasteiger partial charge in [0.1, 0.15) is 5.82 Å². The van der Waals surface area contributed by atoms with Crippen LogP contribution in [0.5, 0.6) is 0 Å². The Kier molecular flexibility index (Phi) is 10.5. The van der Waals surface area contributed by atoms with Crippen molar-refractivity contribution >= 4 is 58.9 Å². The van der Waals surface area contributed by atoms with E-state index in [2.05, 4.69) is 30.8 Å². The lowest BCUT2D eigenvalue weighted by Crippen LogP contribution is -2.44. The van der Waals surface area contributed by atoms with Crippen molar-refractivity contribution in [3.63, 3.8) is 0 Å². The van der Waals surface area contributed by atoms with E-state index in [4.69, 9.17) is 11.6 Å². The van der Waals surface area contributed by atoms with E-state index in [1.54, 1.807) is 13.2 Å². The molecule has 174 valence electrons. The highest BCUT2D eigenvalue weighted by molar-refractivity contribution is 14.0. The van der Waals surface area contributed by atoms with Crippen LogP contribution < -0.4 is 20.9 Å². The topological polar surface area (TPSA) is 81.6 Å². The van der Waals surface area contributed by atoms with E-state index in [0.717, 1.165) is 49.0 Å². The number of amides is 1. The average molecular weight is 571 g/mol. The fraction of sp³-hybridized carbons (Fsp3) is 0.435. The predicted molar refractivity (Wildman–Crippen MR) is 143 cm³/mol. The summed E-state index contributed by atoms with van der Waals surface area (Å²) in [7, 11) is 1.76. The van der Waals surface area contributed by atoms with E-state index in [1.165, 1.54) is 0 Å². The largest absolute Gasteiger partial charge is 0.353 e. The van der Waals surface area contributed by atoms with Gasteiger partial charge in [-0.2, -0.15) is 0 Å². The molecule has 3 N–H and O–H groups in total. The number of guanidine groups is 1. The van der Waals surface area contributed by atoms with Gasteiger partial charge in [-0.25, -0.2) is 4.98 Å². The van der Waals surface area contributed by atoms with Crippen molar-refractivity contribution in [3.8, 4) is 0 Å². The number of halogens is 2. The molecule has 1 aromatic carbocycles. The number of nitrogens with one attached hydrogen (secondary N) is 3. The van der Waals surface area contributed by atoms with Gasteiger partial charge >= 0.3 is 0 Å². The second-order valence-corrected chi connectivity index (χ2v) is 8.22. The van der Waals surface area contributed by atoms with Crippen LogP contribution in [-0.4, -0.2) is 43.0 Å². The van der Waals surface area contributed by atoms with Crippen molar-refractivity contribution in [3.05, 3.63) is 53.2 Å². The summed E-state index contributed by atoms with van der Waals surface area (Å²) in [5.41, 5.74) is 1.88. The predicted octanol–water partition coefficient (Wildman–Crippen LogP) is 4.28. The summed E-state index contributed by atoms with van der Waals surface area (Å²) < 4.78 is 0. The van der Waals surface area contributed by atoms with Gasteiger partial charge in [-0.1, -0.05) is 37.6 Å². The molecule has 1 amide bonds. The second-order valence-electron chi connectivity index (χ2n) is 7.81. The molecule has 0 radical (unpaired) electrons. The van der Waals surface area contributed by atoms with Gasteiger partial charge in [0.05, 0.1) is 5.02 Å². The van der Waals surface area contributed by atoms with Gasteiger partial charge in [0.15, 0.2) is 5.96 Å². The fourth-order valence-electron chi connectivity index (χ4n) is 3.46. The molecule has 0 spiro atoms. The molecule has 1 saturated heterocycles. The molecule has 2 heterocycles. The van der Waals surface area contributed by atoms with Crippen molar-refractivity contribution in [2.24, 2.45) is 10.9 Å². The Labute approximate surface area is 212 Å². The molecule has 2 unspecified atom stereocenters. The molecule has 9 heteroatoms. The van der Waals surface area contributed by atoms with Crippen LogP contribution in [0.4, 0.5) is 11.5 Å². The molecule has 0 aliphatic carbocycles. The third-order valence-corrected chi connectivity index (χ3v) is 5.80. The Morgan fingerprint density at radius 1 is 1.34 bits per heavy atom. The molecule has 1 aliphatic heterocycles. The third kappa shape index (κ3) is 7.23. The molecule has 2 atom stereocenters. The van der Waals surface area contributed by atoms with Gasteiger partial charge in [-0.15, -0.1) is 24.0 Å². The summed E-state index contributed by atoms with van der Waals surface area (Å²) in [6, 6.07) is 11.8.